The highest BCUT2D eigenvalue weighted by Crippen LogP contribution is 2.43. The van der Waals surface area contributed by atoms with Crippen molar-refractivity contribution in [3.63, 3.8) is 0 Å². The smallest absolute Gasteiger partial charge is 0.333 e. The first-order valence-corrected chi connectivity index (χ1v) is 7.59. The van der Waals surface area contributed by atoms with Crippen LogP contribution in [0.4, 0.5) is 0 Å². The molecule has 1 aliphatic heterocycles. The van der Waals surface area contributed by atoms with Gasteiger partial charge in [-0.15, -0.1) is 0 Å². The predicted octanol–water partition coefficient (Wildman–Crippen LogP) is 3.12. The van der Waals surface area contributed by atoms with E-state index in [0.29, 0.717) is 17.1 Å². The number of carboxylic acids is 1. The van der Waals surface area contributed by atoms with Crippen molar-refractivity contribution in [2.45, 2.75) is 32.9 Å². The van der Waals surface area contributed by atoms with Gasteiger partial charge in [-0.05, 0) is 30.2 Å². The van der Waals surface area contributed by atoms with Gasteiger partial charge in [0.15, 0.2) is 11.5 Å². The van der Waals surface area contributed by atoms with Crippen LogP contribution in [0.3, 0.4) is 0 Å². The Balaban J connectivity index is 2.49. The molecule has 23 heavy (non-hydrogen) atoms. The minimum atomic E-state index is -0.886. The average molecular weight is 319 g/mol. The van der Waals surface area contributed by atoms with Crippen molar-refractivity contribution in [3.05, 3.63) is 35.4 Å². The number of aliphatic carboxylic acids is 1. The number of rotatable bonds is 4. The molecule has 126 valence electrons. The van der Waals surface area contributed by atoms with E-state index in [4.69, 9.17) is 9.47 Å². The molecule has 0 bridgehead atoms. The highest BCUT2D eigenvalue weighted by atomic mass is 16.5. The molecule has 2 rings (SSSR count). The number of nitrogens with zero attached hydrogens (tertiary/aromatic N) is 1. The molecule has 2 atom stereocenters. The van der Waals surface area contributed by atoms with Gasteiger partial charge < -0.3 is 14.6 Å². The van der Waals surface area contributed by atoms with Crippen molar-refractivity contribution in [3.8, 4) is 11.5 Å². The second kappa shape index (κ2) is 6.24. The van der Waals surface area contributed by atoms with Gasteiger partial charge in [0.05, 0.1) is 25.8 Å². The number of methoxy groups -OCH3 is 2. The van der Waals surface area contributed by atoms with E-state index < -0.39 is 5.97 Å². The van der Waals surface area contributed by atoms with Crippen molar-refractivity contribution < 1.29 is 19.4 Å². The molecule has 0 saturated carbocycles. The van der Waals surface area contributed by atoms with Crippen LogP contribution in [0.2, 0.25) is 0 Å². The number of ether oxygens (including phenoxy) is 2. The van der Waals surface area contributed by atoms with Crippen LogP contribution in [0.5, 0.6) is 11.5 Å². The number of benzene rings is 1. The van der Waals surface area contributed by atoms with Crippen LogP contribution < -0.4 is 9.47 Å². The van der Waals surface area contributed by atoms with E-state index in [0.717, 1.165) is 5.56 Å². The largest absolute Gasteiger partial charge is 0.493 e. The molecule has 1 aromatic carbocycles. The van der Waals surface area contributed by atoms with Gasteiger partial charge in [-0.25, -0.2) is 4.79 Å². The third kappa shape index (κ3) is 3.20. The van der Waals surface area contributed by atoms with Crippen LogP contribution in [0.25, 0.3) is 0 Å². The molecule has 1 aromatic rings. The Morgan fingerprint density at radius 3 is 2.26 bits per heavy atom. The summed E-state index contributed by atoms with van der Waals surface area (Å²) in [6.07, 6.45) is 1.86. The molecule has 0 radical (unpaired) electrons. The average Bonchev–Trinajstić information content (AvgIpc) is 2.84. The summed E-state index contributed by atoms with van der Waals surface area (Å²) in [7, 11) is 5.12. The maximum Gasteiger partial charge on any atom is 0.333 e. The molecule has 5 nitrogen and oxygen atoms in total. The molecule has 0 saturated heterocycles. The van der Waals surface area contributed by atoms with Crippen LogP contribution in [-0.2, 0) is 4.79 Å². The minimum absolute atomic E-state index is 0.0479. The summed E-state index contributed by atoms with van der Waals surface area (Å²) in [4.78, 5) is 13.8. The monoisotopic (exact) mass is 319 g/mol. The molecule has 1 heterocycles. The number of carboxylic acid groups (broad SMARTS) is 1. The maximum absolute atomic E-state index is 11.7. The lowest BCUT2D eigenvalue weighted by Crippen LogP contribution is -2.38. The van der Waals surface area contributed by atoms with Gasteiger partial charge in [0.25, 0.3) is 0 Å². The van der Waals surface area contributed by atoms with Crippen molar-refractivity contribution in [1.29, 1.82) is 0 Å². The first-order chi connectivity index (χ1) is 10.7. The second-order valence-corrected chi connectivity index (χ2v) is 6.92. The molecular formula is C18H25NO4. The highest BCUT2D eigenvalue weighted by molar-refractivity contribution is 5.89. The summed E-state index contributed by atoms with van der Waals surface area (Å²) in [5.74, 6) is 0.343. The Hall–Kier alpha value is -2.01. The second-order valence-electron chi connectivity index (χ2n) is 6.92. The fourth-order valence-electron chi connectivity index (χ4n) is 3.25. The number of hydrogen-bond donors (Lipinski definition) is 1. The fourth-order valence-corrected chi connectivity index (χ4v) is 3.25. The summed E-state index contributed by atoms with van der Waals surface area (Å²) < 4.78 is 10.6. The summed E-state index contributed by atoms with van der Waals surface area (Å²) in [6.45, 7) is 6.34. The van der Waals surface area contributed by atoms with E-state index in [1.807, 2.05) is 31.3 Å². The summed E-state index contributed by atoms with van der Waals surface area (Å²) in [5, 5.41) is 9.62. The number of carbonyl (C=O) groups is 1. The molecule has 5 heteroatoms. The van der Waals surface area contributed by atoms with E-state index in [9.17, 15) is 9.90 Å². The Labute approximate surface area is 137 Å². The molecule has 1 aliphatic rings. The third-order valence-electron chi connectivity index (χ3n) is 4.34. The quantitative estimate of drug-likeness (QED) is 0.924. The lowest BCUT2D eigenvalue weighted by molar-refractivity contribution is -0.133. The zero-order valence-corrected chi connectivity index (χ0v) is 14.6. The fraction of sp³-hybridized carbons (Fsp3) is 0.500. The minimum Gasteiger partial charge on any atom is -0.493 e. The molecule has 0 amide bonds. The van der Waals surface area contributed by atoms with Crippen molar-refractivity contribution in [1.82, 2.24) is 4.90 Å². The molecule has 2 unspecified atom stereocenters. The van der Waals surface area contributed by atoms with Gasteiger partial charge in [-0.2, -0.15) is 0 Å². The van der Waals surface area contributed by atoms with Gasteiger partial charge in [0.1, 0.15) is 0 Å². The predicted molar refractivity (Wildman–Crippen MR) is 89.0 cm³/mol. The van der Waals surface area contributed by atoms with E-state index >= 15 is 0 Å². The van der Waals surface area contributed by atoms with E-state index in [1.165, 1.54) is 0 Å². The van der Waals surface area contributed by atoms with Crippen LogP contribution in [0, 0.1) is 5.41 Å². The standard InChI is InChI=1S/C18H25NO4/c1-18(2,3)15-10-12(17(20)21)16(19(15)4)11-7-8-13(22-5)14(9-11)23-6/h7-10,15-16H,1-6H3,(H,20,21). The summed E-state index contributed by atoms with van der Waals surface area (Å²) in [5.41, 5.74) is 1.23. The lowest BCUT2D eigenvalue weighted by Gasteiger charge is -2.35. The number of likely N-dealkylation sites (N-methyl/N-ethyl adjacent to an activating group) is 1. The summed E-state index contributed by atoms with van der Waals surface area (Å²) >= 11 is 0. The first-order valence-electron chi connectivity index (χ1n) is 7.59. The Morgan fingerprint density at radius 2 is 1.78 bits per heavy atom. The van der Waals surface area contributed by atoms with E-state index in [2.05, 4.69) is 25.7 Å². The van der Waals surface area contributed by atoms with Gasteiger partial charge in [0, 0.05) is 6.04 Å². The van der Waals surface area contributed by atoms with Crippen molar-refractivity contribution in [2.24, 2.45) is 5.41 Å². The van der Waals surface area contributed by atoms with Gasteiger partial charge >= 0.3 is 5.97 Å². The summed E-state index contributed by atoms with van der Waals surface area (Å²) in [6, 6.07) is 5.29. The van der Waals surface area contributed by atoms with E-state index in [1.54, 1.807) is 14.2 Å². The normalized spacial score (nSPS) is 21.9. The maximum atomic E-state index is 11.7. The van der Waals surface area contributed by atoms with Crippen molar-refractivity contribution in [2.75, 3.05) is 21.3 Å². The molecular weight excluding hydrogens is 294 g/mol. The molecule has 0 spiro atoms. The van der Waals surface area contributed by atoms with Gasteiger partial charge in [0.2, 0.25) is 0 Å². The van der Waals surface area contributed by atoms with Crippen LogP contribution in [0.15, 0.2) is 29.8 Å². The number of hydrogen-bond acceptors (Lipinski definition) is 4. The first kappa shape index (κ1) is 17.3. The molecule has 1 N–H and O–H groups in total. The zero-order chi connectivity index (χ0) is 17.4. The van der Waals surface area contributed by atoms with Crippen LogP contribution in [-0.4, -0.2) is 43.3 Å². The van der Waals surface area contributed by atoms with Gasteiger partial charge in [-0.3, -0.25) is 4.90 Å². The lowest BCUT2D eigenvalue weighted by atomic mass is 9.86. The highest BCUT2D eigenvalue weighted by Gasteiger charge is 2.41. The molecule has 0 fully saturated rings. The third-order valence-corrected chi connectivity index (χ3v) is 4.34. The SMILES string of the molecule is COc1ccc(C2C(C(=O)O)=CC(C(C)(C)C)N2C)cc1OC. The van der Waals surface area contributed by atoms with Crippen LogP contribution in [0.1, 0.15) is 32.4 Å². The van der Waals surface area contributed by atoms with E-state index in [-0.39, 0.29) is 17.5 Å². The van der Waals surface area contributed by atoms with Crippen LogP contribution >= 0.6 is 0 Å². The molecule has 0 aliphatic carbocycles. The Morgan fingerprint density at radius 1 is 1.17 bits per heavy atom. The topological polar surface area (TPSA) is 59.0 Å². The van der Waals surface area contributed by atoms with Crippen molar-refractivity contribution >= 4 is 5.97 Å². The zero-order valence-electron chi connectivity index (χ0n) is 14.6. The molecule has 0 aromatic heterocycles. The Kier molecular flexibility index (Phi) is 4.71. The Bertz CT molecular complexity index is 630. The van der Waals surface area contributed by atoms with Gasteiger partial charge in [-0.1, -0.05) is 32.9 Å².